The second kappa shape index (κ2) is 9.43. The van der Waals surface area contributed by atoms with Gasteiger partial charge in [-0.15, -0.1) is 4.91 Å². The van der Waals surface area contributed by atoms with E-state index in [1.165, 1.54) is 48.7 Å². The molecule has 164 valence electrons. The van der Waals surface area contributed by atoms with E-state index in [1.54, 1.807) is 0 Å². The first-order valence-electron chi connectivity index (χ1n) is 8.72. The third-order valence-corrected chi connectivity index (χ3v) is 4.24. The van der Waals surface area contributed by atoms with Crippen molar-refractivity contribution in [1.29, 1.82) is 0 Å². The van der Waals surface area contributed by atoms with Crippen molar-refractivity contribution >= 4 is 34.9 Å². The molecular formula is C20H12ClF3N4O4. The third kappa shape index (κ3) is 5.79. The van der Waals surface area contributed by atoms with Gasteiger partial charge in [0.2, 0.25) is 0 Å². The van der Waals surface area contributed by atoms with Crippen molar-refractivity contribution in [2.45, 2.75) is 6.18 Å². The summed E-state index contributed by atoms with van der Waals surface area (Å²) in [6, 6.07) is 10.9. The lowest BCUT2D eigenvalue weighted by Gasteiger charge is -2.12. The second-order valence-corrected chi connectivity index (χ2v) is 6.58. The highest BCUT2D eigenvalue weighted by atomic mass is 35.5. The predicted octanol–water partition coefficient (Wildman–Crippen LogP) is 6.10. The Morgan fingerprint density at radius 3 is 2.25 bits per heavy atom. The Morgan fingerprint density at radius 1 is 0.938 bits per heavy atom. The molecule has 0 atom stereocenters. The summed E-state index contributed by atoms with van der Waals surface area (Å²) < 4.78 is 44.3. The summed E-state index contributed by atoms with van der Waals surface area (Å²) in [5.41, 5.74) is -1.01. The monoisotopic (exact) mass is 464 g/mol. The Kier molecular flexibility index (Phi) is 6.69. The fourth-order valence-electron chi connectivity index (χ4n) is 2.49. The number of amides is 3. The van der Waals surface area contributed by atoms with Gasteiger partial charge in [0.25, 0.3) is 0 Å². The van der Waals surface area contributed by atoms with Gasteiger partial charge in [-0.1, -0.05) is 11.6 Å². The van der Waals surface area contributed by atoms with E-state index in [2.05, 4.69) is 20.8 Å². The molecular weight excluding hydrogens is 453 g/mol. The van der Waals surface area contributed by atoms with E-state index in [0.717, 1.165) is 12.1 Å². The molecule has 0 unspecified atom stereocenters. The minimum absolute atomic E-state index is 0.0907. The average molecular weight is 465 g/mol. The molecule has 0 saturated heterocycles. The van der Waals surface area contributed by atoms with Crippen molar-refractivity contribution in [1.82, 2.24) is 4.98 Å². The van der Waals surface area contributed by atoms with Gasteiger partial charge < -0.3 is 15.4 Å². The van der Waals surface area contributed by atoms with Crippen LogP contribution >= 0.6 is 11.6 Å². The summed E-state index contributed by atoms with van der Waals surface area (Å²) >= 11 is 5.55. The van der Waals surface area contributed by atoms with Gasteiger partial charge in [-0.25, -0.2) is 4.79 Å². The normalized spacial score (nSPS) is 10.9. The highest BCUT2D eigenvalue weighted by Crippen LogP contribution is 2.36. The number of aromatic nitrogens is 1. The van der Waals surface area contributed by atoms with E-state index in [4.69, 9.17) is 16.3 Å². The molecule has 32 heavy (non-hydrogen) atoms. The predicted molar refractivity (Wildman–Crippen MR) is 110 cm³/mol. The van der Waals surface area contributed by atoms with E-state index in [1.807, 2.05) is 0 Å². The zero-order valence-corrected chi connectivity index (χ0v) is 16.6. The Bertz CT molecular complexity index is 1170. The number of anilines is 2. The quantitative estimate of drug-likeness (QED) is 0.443. The highest BCUT2D eigenvalue weighted by Gasteiger charge is 2.33. The molecule has 0 saturated carbocycles. The minimum atomic E-state index is -4.66. The topological polar surface area (TPSA) is 110 Å². The van der Waals surface area contributed by atoms with E-state index in [-0.39, 0.29) is 17.1 Å². The number of carbonyl (C=O) groups is 2. The minimum Gasteiger partial charge on any atom is -0.457 e. The lowest BCUT2D eigenvalue weighted by Crippen LogP contribution is -2.19. The van der Waals surface area contributed by atoms with E-state index in [9.17, 15) is 27.7 Å². The molecule has 3 amide bonds. The van der Waals surface area contributed by atoms with Crippen LogP contribution in [0.5, 0.6) is 11.5 Å². The summed E-state index contributed by atoms with van der Waals surface area (Å²) in [5, 5.41) is 6.56. The Labute approximate surface area is 183 Å². The first-order chi connectivity index (χ1) is 15.2. The molecule has 1 aromatic heterocycles. The van der Waals surface area contributed by atoms with Crippen LogP contribution in [0.15, 0.2) is 66.0 Å². The van der Waals surface area contributed by atoms with Crippen LogP contribution in [0.1, 0.15) is 16.1 Å². The van der Waals surface area contributed by atoms with Gasteiger partial charge in [0.05, 0.1) is 10.6 Å². The van der Waals surface area contributed by atoms with Gasteiger partial charge in [-0.3, -0.25) is 9.78 Å². The lowest BCUT2D eigenvalue weighted by molar-refractivity contribution is -0.137. The average Bonchev–Trinajstić information content (AvgIpc) is 2.75. The molecule has 3 aromatic rings. The number of nitrogens with zero attached hydrogens (tertiary/aromatic N) is 2. The van der Waals surface area contributed by atoms with Crippen molar-refractivity contribution in [3.63, 3.8) is 0 Å². The molecule has 0 fully saturated rings. The van der Waals surface area contributed by atoms with Gasteiger partial charge in [-0.2, -0.15) is 13.2 Å². The van der Waals surface area contributed by atoms with Gasteiger partial charge in [0, 0.05) is 28.8 Å². The second-order valence-electron chi connectivity index (χ2n) is 6.17. The number of hydrogen-bond acceptors (Lipinski definition) is 5. The summed E-state index contributed by atoms with van der Waals surface area (Å²) in [6.45, 7) is 0. The van der Waals surface area contributed by atoms with Crippen molar-refractivity contribution in [3.05, 3.63) is 82.0 Å². The molecule has 0 aliphatic heterocycles. The molecule has 1 heterocycles. The van der Waals surface area contributed by atoms with Crippen molar-refractivity contribution in [2.24, 2.45) is 5.18 Å². The van der Waals surface area contributed by atoms with Gasteiger partial charge in [0.15, 0.2) is 0 Å². The molecule has 8 nitrogen and oxygen atoms in total. The molecule has 0 radical (unpaired) electrons. The summed E-state index contributed by atoms with van der Waals surface area (Å²) in [7, 11) is 0. The van der Waals surface area contributed by atoms with E-state index in [0.29, 0.717) is 11.4 Å². The maximum absolute atomic E-state index is 12.9. The number of carbonyl (C=O) groups excluding carboxylic acids is 2. The highest BCUT2D eigenvalue weighted by molar-refractivity contribution is 6.31. The smallest absolute Gasteiger partial charge is 0.417 e. The van der Waals surface area contributed by atoms with Crippen LogP contribution in [-0.4, -0.2) is 16.9 Å². The lowest BCUT2D eigenvalue weighted by atomic mass is 10.2. The van der Waals surface area contributed by atoms with Crippen molar-refractivity contribution in [3.8, 4) is 11.5 Å². The van der Waals surface area contributed by atoms with Gasteiger partial charge in [0.1, 0.15) is 17.2 Å². The van der Waals surface area contributed by atoms with Crippen LogP contribution in [-0.2, 0) is 6.18 Å². The zero-order valence-electron chi connectivity index (χ0n) is 15.8. The maximum Gasteiger partial charge on any atom is 0.417 e. The van der Waals surface area contributed by atoms with Crippen LogP contribution in [0, 0.1) is 4.91 Å². The van der Waals surface area contributed by atoms with Crippen LogP contribution in [0.3, 0.4) is 0 Å². The van der Waals surface area contributed by atoms with Gasteiger partial charge >= 0.3 is 18.1 Å². The van der Waals surface area contributed by atoms with Crippen LogP contribution in [0.4, 0.5) is 29.3 Å². The van der Waals surface area contributed by atoms with Crippen molar-refractivity contribution in [2.75, 3.05) is 10.6 Å². The number of rotatable bonds is 5. The molecule has 2 N–H and O–H groups in total. The molecule has 0 aliphatic rings. The number of alkyl halides is 3. The first kappa shape index (κ1) is 22.7. The Morgan fingerprint density at radius 2 is 1.59 bits per heavy atom. The summed E-state index contributed by atoms with van der Waals surface area (Å²) in [6.07, 6.45) is -3.39. The van der Waals surface area contributed by atoms with Crippen LogP contribution in [0.25, 0.3) is 0 Å². The SMILES string of the molecule is O=NC(=O)c1cc(Oc2ccc(NC(=O)Nc3ccc(Cl)c(C(F)(F)F)c3)cc2)ccn1. The van der Waals surface area contributed by atoms with E-state index >= 15 is 0 Å². The Balaban J connectivity index is 1.63. The molecule has 12 heteroatoms. The standard InChI is InChI=1S/C20H12ClF3N4O4/c21-16-6-3-12(9-15(16)20(22,23)24)27-19(30)26-11-1-4-13(5-2-11)32-14-7-8-25-17(10-14)18(29)28-31/h1-10H,(H2,26,27,30). The zero-order chi connectivity index (χ0) is 23.3. The number of pyridine rings is 1. The number of halogens is 4. The Hall–Kier alpha value is -3.99. The van der Waals surface area contributed by atoms with Crippen LogP contribution in [0.2, 0.25) is 5.02 Å². The number of nitrogens with one attached hydrogen (secondary N) is 2. The number of ether oxygens (including phenoxy) is 1. The number of hydrogen-bond donors (Lipinski definition) is 2. The van der Waals surface area contributed by atoms with Crippen molar-refractivity contribution < 1.29 is 27.5 Å². The summed E-state index contributed by atoms with van der Waals surface area (Å²) in [4.78, 5) is 37.4. The molecule has 0 aliphatic carbocycles. The fourth-order valence-corrected chi connectivity index (χ4v) is 2.72. The molecule has 0 spiro atoms. The summed E-state index contributed by atoms with van der Waals surface area (Å²) in [5.74, 6) is -0.468. The molecule has 3 rings (SSSR count). The molecule has 2 aromatic carbocycles. The third-order valence-electron chi connectivity index (χ3n) is 3.91. The molecule has 0 bridgehead atoms. The maximum atomic E-state index is 12.9. The number of urea groups is 1. The largest absolute Gasteiger partial charge is 0.457 e. The number of benzene rings is 2. The van der Waals surface area contributed by atoms with Gasteiger partial charge in [-0.05, 0) is 48.5 Å². The van der Waals surface area contributed by atoms with E-state index < -0.39 is 28.7 Å². The first-order valence-corrected chi connectivity index (χ1v) is 9.10. The fraction of sp³-hybridized carbons (Fsp3) is 0.0500. The van der Waals surface area contributed by atoms with Crippen LogP contribution < -0.4 is 15.4 Å². The number of nitroso groups, excluding NO2 is 1.